The van der Waals surface area contributed by atoms with E-state index >= 15 is 0 Å². The van der Waals surface area contributed by atoms with Gasteiger partial charge >= 0.3 is 0 Å². The molecule has 1 aromatic heterocycles. The Kier molecular flexibility index (Phi) is 3.30. The van der Waals surface area contributed by atoms with Crippen LogP contribution in [0.15, 0.2) is 5.38 Å². The van der Waals surface area contributed by atoms with Gasteiger partial charge in [-0.25, -0.2) is 4.98 Å². The third kappa shape index (κ3) is 2.86. The normalized spacial score (nSPS) is 24.5. The van der Waals surface area contributed by atoms with E-state index in [0.717, 1.165) is 44.2 Å². The Hall–Kier alpha value is -0.940. The van der Waals surface area contributed by atoms with Gasteiger partial charge in [-0.1, -0.05) is 0 Å². The van der Waals surface area contributed by atoms with Crippen molar-refractivity contribution in [3.05, 3.63) is 16.1 Å². The zero-order valence-electron chi connectivity index (χ0n) is 12.7. The van der Waals surface area contributed by atoms with E-state index in [1.807, 2.05) is 0 Å². The second-order valence-corrected chi connectivity index (χ2v) is 8.28. The van der Waals surface area contributed by atoms with E-state index in [-0.39, 0.29) is 0 Å². The number of carbonyl (C=O) groups is 1. The average molecular weight is 305 g/mol. The van der Waals surface area contributed by atoms with Crippen LogP contribution in [0.2, 0.25) is 0 Å². The largest absolute Gasteiger partial charge is 0.341 e. The van der Waals surface area contributed by atoms with E-state index in [1.165, 1.54) is 25.0 Å². The van der Waals surface area contributed by atoms with Gasteiger partial charge in [0.25, 0.3) is 0 Å². The first-order chi connectivity index (χ1) is 10.1. The molecule has 5 heteroatoms. The monoisotopic (exact) mass is 305 g/mol. The highest BCUT2D eigenvalue weighted by Gasteiger charge is 2.49. The van der Waals surface area contributed by atoms with Gasteiger partial charge in [-0.05, 0) is 38.6 Å². The van der Waals surface area contributed by atoms with E-state index in [0.29, 0.717) is 17.2 Å². The predicted octanol–water partition coefficient (Wildman–Crippen LogP) is 2.29. The highest BCUT2D eigenvalue weighted by molar-refractivity contribution is 7.09. The molecule has 1 spiro atoms. The molecule has 0 radical (unpaired) electrons. The molecule has 0 aromatic carbocycles. The first kappa shape index (κ1) is 13.7. The van der Waals surface area contributed by atoms with E-state index in [9.17, 15) is 4.79 Å². The molecule has 2 aliphatic heterocycles. The summed E-state index contributed by atoms with van der Waals surface area (Å²) in [6, 6.07) is 0. The number of hydrogen-bond donors (Lipinski definition) is 0. The maximum Gasteiger partial charge on any atom is 0.222 e. The van der Waals surface area contributed by atoms with Crippen molar-refractivity contribution in [1.82, 2.24) is 14.8 Å². The Bertz CT molecular complexity index is 545. The van der Waals surface area contributed by atoms with Crippen LogP contribution in [0.1, 0.15) is 36.4 Å². The summed E-state index contributed by atoms with van der Waals surface area (Å²) < 4.78 is 0. The fourth-order valence-corrected chi connectivity index (χ4v) is 4.37. The van der Waals surface area contributed by atoms with Crippen molar-refractivity contribution in [3.8, 4) is 0 Å². The summed E-state index contributed by atoms with van der Waals surface area (Å²) in [6.45, 7) is 7.31. The van der Waals surface area contributed by atoms with E-state index in [4.69, 9.17) is 0 Å². The Morgan fingerprint density at radius 3 is 2.90 bits per heavy atom. The van der Waals surface area contributed by atoms with Crippen molar-refractivity contribution in [1.29, 1.82) is 0 Å². The molecule has 1 amide bonds. The first-order valence-corrected chi connectivity index (χ1v) is 8.91. The van der Waals surface area contributed by atoms with Crippen LogP contribution in [0.5, 0.6) is 0 Å². The number of likely N-dealkylation sites (tertiary alicyclic amines) is 2. The van der Waals surface area contributed by atoms with Crippen LogP contribution in [0.4, 0.5) is 0 Å². The lowest BCUT2D eigenvalue weighted by Crippen LogP contribution is -2.59. The van der Waals surface area contributed by atoms with Gasteiger partial charge < -0.3 is 4.90 Å². The lowest BCUT2D eigenvalue weighted by Gasteiger charge is -2.48. The van der Waals surface area contributed by atoms with Crippen molar-refractivity contribution < 1.29 is 4.79 Å². The van der Waals surface area contributed by atoms with E-state index in [2.05, 4.69) is 27.1 Å². The van der Waals surface area contributed by atoms with Crippen LogP contribution in [0.3, 0.4) is 0 Å². The van der Waals surface area contributed by atoms with Gasteiger partial charge in [-0.15, -0.1) is 11.3 Å². The molecule has 3 fully saturated rings. The van der Waals surface area contributed by atoms with Crippen LogP contribution >= 0.6 is 11.3 Å². The summed E-state index contributed by atoms with van der Waals surface area (Å²) in [5.74, 6) is 1.11. The maximum atomic E-state index is 12.1. The minimum Gasteiger partial charge on any atom is -0.341 e. The van der Waals surface area contributed by atoms with Crippen molar-refractivity contribution in [2.75, 3.05) is 26.2 Å². The smallest absolute Gasteiger partial charge is 0.222 e. The zero-order valence-corrected chi connectivity index (χ0v) is 13.5. The average Bonchev–Trinajstić information content (AvgIpc) is 2.96. The molecule has 1 aromatic rings. The molecule has 0 atom stereocenters. The quantitative estimate of drug-likeness (QED) is 0.856. The summed E-state index contributed by atoms with van der Waals surface area (Å²) >= 11 is 1.73. The molecule has 3 aliphatic rings. The fraction of sp³-hybridized carbons (Fsp3) is 0.750. The van der Waals surface area contributed by atoms with Crippen LogP contribution in [0, 0.1) is 18.3 Å². The standard InChI is InChI=1S/C16H23N3OS/c1-12-17-14(8-21-12)7-18-5-4-16(9-18)10-19(11-16)15(20)6-13-2-3-13/h8,13H,2-7,9-11H2,1H3. The van der Waals surface area contributed by atoms with Gasteiger partial charge in [-0.3, -0.25) is 9.69 Å². The van der Waals surface area contributed by atoms with Crippen LogP contribution in [0.25, 0.3) is 0 Å². The molecule has 4 nitrogen and oxygen atoms in total. The van der Waals surface area contributed by atoms with Crippen LogP contribution in [-0.2, 0) is 11.3 Å². The van der Waals surface area contributed by atoms with Crippen LogP contribution < -0.4 is 0 Å². The maximum absolute atomic E-state index is 12.1. The number of amides is 1. The van der Waals surface area contributed by atoms with Gasteiger partial charge in [0.15, 0.2) is 0 Å². The molecule has 0 N–H and O–H groups in total. The minimum absolute atomic E-state index is 0.393. The number of thiazole rings is 1. The molecule has 114 valence electrons. The highest BCUT2D eigenvalue weighted by Crippen LogP contribution is 2.41. The summed E-state index contributed by atoms with van der Waals surface area (Å²) in [5.41, 5.74) is 1.60. The number of nitrogens with zero attached hydrogens (tertiary/aromatic N) is 3. The molecule has 1 aliphatic carbocycles. The number of hydrogen-bond acceptors (Lipinski definition) is 4. The third-order valence-corrected chi connectivity index (χ3v) is 5.96. The van der Waals surface area contributed by atoms with Gasteiger partial charge in [0.1, 0.15) is 0 Å². The Morgan fingerprint density at radius 1 is 1.43 bits per heavy atom. The third-order valence-electron chi connectivity index (χ3n) is 5.14. The summed E-state index contributed by atoms with van der Waals surface area (Å²) in [6.07, 6.45) is 4.58. The molecule has 4 rings (SSSR count). The molecule has 2 saturated heterocycles. The SMILES string of the molecule is Cc1nc(CN2CCC3(C2)CN(C(=O)CC2CC2)C3)cs1. The first-order valence-electron chi connectivity index (χ1n) is 8.03. The highest BCUT2D eigenvalue weighted by atomic mass is 32.1. The Labute approximate surface area is 130 Å². The lowest BCUT2D eigenvalue weighted by atomic mass is 9.79. The van der Waals surface area contributed by atoms with Crippen LogP contribution in [-0.4, -0.2) is 46.9 Å². The van der Waals surface area contributed by atoms with Crippen molar-refractivity contribution in [2.45, 2.75) is 39.2 Å². The molecule has 3 heterocycles. The second kappa shape index (κ2) is 5.06. The molecular weight excluding hydrogens is 282 g/mol. The van der Waals surface area contributed by atoms with Gasteiger partial charge in [0, 0.05) is 43.4 Å². The molecule has 0 unspecified atom stereocenters. The van der Waals surface area contributed by atoms with E-state index in [1.54, 1.807) is 11.3 Å². The molecule has 0 bridgehead atoms. The number of rotatable bonds is 4. The number of aryl methyl sites for hydroxylation is 1. The van der Waals surface area contributed by atoms with Crippen molar-refractivity contribution >= 4 is 17.2 Å². The number of aromatic nitrogens is 1. The summed E-state index contributed by atoms with van der Waals surface area (Å²) in [4.78, 5) is 21.3. The van der Waals surface area contributed by atoms with E-state index < -0.39 is 0 Å². The Balaban J connectivity index is 1.27. The second-order valence-electron chi connectivity index (χ2n) is 7.22. The molecule has 21 heavy (non-hydrogen) atoms. The summed E-state index contributed by atoms with van der Waals surface area (Å²) in [7, 11) is 0. The summed E-state index contributed by atoms with van der Waals surface area (Å²) in [5, 5.41) is 3.33. The molecular formula is C16H23N3OS. The zero-order chi connectivity index (χ0) is 14.4. The Morgan fingerprint density at radius 2 is 2.24 bits per heavy atom. The van der Waals surface area contributed by atoms with Crippen molar-refractivity contribution in [3.63, 3.8) is 0 Å². The van der Waals surface area contributed by atoms with Gasteiger partial charge in [0.2, 0.25) is 5.91 Å². The van der Waals surface area contributed by atoms with Crippen molar-refractivity contribution in [2.24, 2.45) is 11.3 Å². The van der Waals surface area contributed by atoms with Gasteiger partial charge in [-0.2, -0.15) is 0 Å². The minimum atomic E-state index is 0.393. The van der Waals surface area contributed by atoms with Gasteiger partial charge in [0.05, 0.1) is 10.7 Å². The predicted molar refractivity (Wildman–Crippen MR) is 83.1 cm³/mol. The molecule has 1 saturated carbocycles. The number of carbonyl (C=O) groups excluding carboxylic acids is 1. The fourth-order valence-electron chi connectivity index (χ4n) is 3.77. The topological polar surface area (TPSA) is 36.4 Å². The lowest BCUT2D eigenvalue weighted by molar-refractivity contribution is -0.143.